The van der Waals surface area contributed by atoms with E-state index in [9.17, 15) is 13.2 Å². The number of guanidine groups is 1. The van der Waals surface area contributed by atoms with Gasteiger partial charge in [0.1, 0.15) is 0 Å². The van der Waals surface area contributed by atoms with Gasteiger partial charge < -0.3 is 15.4 Å². The number of pyridine rings is 1. The molecule has 1 heterocycles. The van der Waals surface area contributed by atoms with Gasteiger partial charge in [0.05, 0.1) is 0 Å². The van der Waals surface area contributed by atoms with Crippen LogP contribution in [0.25, 0.3) is 0 Å². The minimum Gasteiger partial charge on any atom is -0.468 e. The van der Waals surface area contributed by atoms with Gasteiger partial charge in [-0.05, 0) is 23.3 Å². The van der Waals surface area contributed by atoms with Gasteiger partial charge in [0.25, 0.3) is 0 Å². The van der Waals surface area contributed by atoms with Crippen LogP contribution in [0.4, 0.5) is 13.2 Å². The summed E-state index contributed by atoms with van der Waals surface area (Å²) in [4.78, 5) is 7.96. The number of halogens is 4. The van der Waals surface area contributed by atoms with E-state index in [1.54, 1.807) is 19.2 Å². The lowest BCUT2D eigenvalue weighted by Crippen LogP contribution is -2.36. The molecular weight excluding hydrogens is 369 g/mol. The Morgan fingerprint density at radius 2 is 1.88 bits per heavy atom. The fraction of sp³-hybridized carbons (Fsp3) is 0.294. The summed E-state index contributed by atoms with van der Waals surface area (Å²) in [5.74, 6) is 0.497. The summed E-state index contributed by atoms with van der Waals surface area (Å²) in [5.41, 5.74) is 1.78. The van der Waals surface area contributed by atoms with Crippen LogP contribution in [0.5, 0.6) is 5.88 Å². The maximum absolute atomic E-state index is 12.1. The van der Waals surface area contributed by atoms with Crippen LogP contribution in [-0.2, 0) is 13.1 Å². The fourth-order valence-corrected chi connectivity index (χ4v) is 2.21. The Labute approximate surface area is 154 Å². The zero-order chi connectivity index (χ0) is 19.0. The SMILES string of the molecule is CN=C(NCc1ccc(OCC(F)(F)F)nc1)NCc1cccc(Cl)c1. The summed E-state index contributed by atoms with van der Waals surface area (Å²) in [6, 6.07) is 10.5. The molecule has 0 atom stereocenters. The molecule has 0 aliphatic carbocycles. The quantitative estimate of drug-likeness (QED) is 0.589. The van der Waals surface area contributed by atoms with Crippen molar-refractivity contribution in [2.24, 2.45) is 4.99 Å². The molecule has 26 heavy (non-hydrogen) atoms. The molecule has 5 nitrogen and oxygen atoms in total. The van der Waals surface area contributed by atoms with E-state index in [0.717, 1.165) is 11.1 Å². The second-order valence-corrected chi connectivity index (χ2v) is 5.75. The smallest absolute Gasteiger partial charge is 0.422 e. The molecule has 0 bridgehead atoms. The number of ether oxygens (including phenoxy) is 1. The van der Waals surface area contributed by atoms with Crippen LogP contribution < -0.4 is 15.4 Å². The van der Waals surface area contributed by atoms with E-state index in [0.29, 0.717) is 24.1 Å². The summed E-state index contributed by atoms with van der Waals surface area (Å²) in [7, 11) is 1.64. The van der Waals surface area contributed by atoms with Gasteiger partial charge in [-0.2, -0.15) is 13.2 Å². The number of alkyl halides is 3. The van der Waals surface area contributed by atoms with E-state index >= 15 is 0 Å². The third-order valence-electron chi connectivity index (χ3n) is 3.21. The number of benzene rings is 1. The standard InChI is InChI=1S/C17H18ClF3N4O/c1-22-16(24-8-12-3-2-4-14(18)7-12)25-10-13-5-6-15(23-9-13)26-11-17(19,20)21/h2-7,9H,8,10-11H2,1H3,(H2,22,24,25). The highest BCUT2D eigenvalue weighted by Crippen LogP contribution is 2.17. The van der Waals surface area contributed by atoms with E-state index < -0.39 is 12.8 Å². The van der Waals surface area contributed by atoms with Crippen LogP contribution in [0.1, 0.15) is 11.1 Å². The van der Waals surface area contributed by atoms with Gasteiger partial charge in [0, 0.05) is 37.4 Å². The average molecular weight is 387 g/mol. The first-order chi connectivity index (χ1) is 12.4. The van der Waals surface area contributed by atoms with Gasteiger partial charge >= 0.3 is 6.18 Å². The van der Waals surface area contributed by atoms with Crippen molar-refractivity contribution in [2.45, 2.75) is 19.3 Å². The Balaban J connectivity index is 1.80. The average Bonchev–Trinajstić information content (AvgIpc) is 2.60. The van der Waals surface area contributed by atoms with E-state index in [-0.39, 0.29) is 5.88 Å². The summed E-state index contributed by atoms with van der Waals surface area (Å²) >= 11 is 5.94. The lowest BCUT2D eigenvalue weighted by Gasteiger charge is -2.12. The van der Waals surface area contributed by atoms with Crippen molar-refractivity contribution in [1.82, 2.24) is 15.6 Å². The molecule has 140 valence electrons. The third-order valence-corrected chi connectivity index (χ3v) is 3.45. The van der Waals surface area contributed by atoms with Crippen LogP contribution in [0, 0.1) is 0 Å². The number of hydrogen-bond donors (Lipinski definition) is 2. The molecule has 2 rings (SSSR count). The molecule has 0 aliphatic heterocycles. The lowest BCUT2D eigenvalue weighted by atomic mass is 10.2. The predicted octanol–water partition coefficient (Wildman–Crippen LogP) is 3.54. The highest BCUT2D eigenvalue weighted by atomic mass is 35.5. The number of aliphatic imine (C=N–C) groups is 1. The Kier molecular flexibility index (Phi) is 7.08. The summed E-state index contributed by atoms with van der Waals surface area (Å²) < 4.78 is 40.9. The zero-order valence-corrected chi connectivity index (χ0v) is 14.7. The normalized spacial score (nSPS) is 12.0. The zero-order valence-electron chi connectivity index (χ0n) is 14.0. The number of hydrogen-bond acceptors (Lipinski definition) is 3. The lowest BCUT2D eigenvalue weighted by molar-refractivity contribution is -0.154. The Morgan fingerprint density at radius 1 is 1.15 bits per heavy atom. The Hall–Kier alpha value is -2.48. The number of rotatable bonds is 6. The van der Waals surface area contributed by atoms with E-state index in [2.05, 4.69) is 25.3 Å². The number of nitrogens with one attached hydrogen (secondary N) is 2. The molecule has 0 aliphatic rings. The summed E-state index contributed by atoms with van der Waals surface area (Å²) in [6.07, 6.45) is -2.94. The molecule has 0 saturated heterocycles. The molecule has 2 aromatic rings. The first-order valence-electron chi connectivity index (χ1n) is 7.69. The molecule has 0 amide bonds. The van der Waals surface area contributed by atoms with Crippen molar-refractivity contribution in [1.29, 1.82) is 0 Å². The van der Waals surface area contributed by atoms with Crippen LogP contribution in [0.3, 0.4) is 0 Å². The molecule has 0 fully saturated rings. The van der Waals surface area contributed by atoms with Crippen LogP contribution in [0.15, 0.2) is 47.6 Å². The predicted molar refractivity (Wildman–Crippen MR) is 94.3 cm³/mol. The summed E-state index contributed by atoms with van der Waals surface area (Å²) in [5, 5.41) is 6.89. The monoisotopic (exact) mass is 386 g/mol. The van der Waals surface area contributed by atoms with Crippen LogP contribution >= 0.6 is 11.6 Å². The third kappa shape index (κ3) is 7.18. The van der Waals surface area contributed by atoms with Crippen LogP contribution in [0.2, 0.25) is 5.02 Å². The highest BCUT2D eigenvalue weighted by Gasteiger charge is 2.28. The molecule has 9 heteroatoms. The minimum absolute atomic E-state index is 0.0745. The van der Waals surface area contributed by atoms with Gasteiger partial charge in [-0.3, -0.25) is 4.99 Å². The summed E-state index contributed by atoms with van der Waals surface area (Å²) in [6.45, 7) is -0.415. The molecule has 0 unspecified atom stereocenters. The van der Waals surface area contributed by atoms with Crippen molar-refractivity contribution in [3.05, 3.63) is 58.7 Å². The fourth-order valence-electron chi connectivity index (χ4n) is 2.00. The van der Waals surface area contributed by atoms with E-state index in [1.165, 1.54) is 12.3 Å². The molecule has 2 N–H and O–H groups in total. The first kappa shape index (κ1) is 19.8. The van der Waals surface area contributed by atoms with Crippen molar-refractivity contribution in [2.75, 3.05) is 13.7 Å². The van der Waals surface area contributed by atoms with E-state index in [4.69, 9.17) is 11.6 Å². The molecule has 1 aromatic heterocycles. The maximum atomic E-state index is 12.1. The topological polar surface area (TPSA) is 58.5 Å². The van der Waals surface area contributed by atoms with Gasteiger partial charge in [0.2, 0.25) is 5.88 Å². The first-order valence-corrected chi connectivity index (χ1v) is 8.07. The van der Waals surface area contributed by atoms with Crippen LogP contribution in [-0.4, -0.2) is 30.8 Å². The molecule has 0 saturated carbocycles. The second-order valence-electron chi connectivity index (χ2n) is 5.32. The minimum atomic E-state index is -4.39. The molecule has 1 aromatic carbocycles. The molecule has 0 radical (unpaired) electrons. The Morgan fingerprint density at radius 3 is 2.46 bits per heavy atom. The van der Waals surface area contributed by atoms with Gasteiger partial charge in [-0.25, -0.2) is 4.98 Å². The second kappa shape index (κ2) is 9.28. The van der Waals surface area contributed by atoms with Gasteiger partial charge in [-0.15, -0.1) is 0 Å². The van der Waals surface area contributed by atoms with Gasteiger partial charge in [-0.1, -0.05) is 29.8 Å². The number of nitrogens with zero attached hydrogens (tertiary/aromatic N) is 2. The van der Waals surface area contributed by atoms with Crippen molar-refractivity contribution in [3.8, 4) is 5.88 Å². The Bertz CT molecular complexity index is 736. The van der Waals surface area contributed by atoms with Crippen molar-refractivity contribution < 1.29 is 17.9 Å². The van der Waals surface area contributed by atoms with Crippen molar-refractivity contribution in [3.63, 3.8) is 0 Å². The number of aromatic nitrogens is 1. The highest BCUT2D eigenvalue weighted by molar-refractivity contribution is 6.30. The van der Waals surface area contributed by atoms with Gasteiger partial charge in [0.15, 0.2) is 12.6 Å². The molecular formula is C17H18ClF3N4O. The molecule has 0 spiro atoms. The maximum Gasteiger partial charge on any atom is 0.422 e. The van der Waals surface area contributed by atoms with E-state index in [1.807, 2.05) is 18.2 Å². The van der Waals surface area contributed by atoms with Crippen molar-refractivity contribution >= 4 is 17.6 Å². The largest absolute Gasteiger partial charge is 0.468 e.